The van der Waals surface area contributed by atoms with Crippen molar-refractivity contribution in [1.29, 1.82) is 0 Å². The normalized spacial score (nSPS) is 13.1. The smallest absolute Gasteiger partial charge is 0.306 e. The van der Waals surface area contributed by atoms with Gasteiger partial charge in [-0.1, -0.05) is 282 Å². The van der Waals surface area contributed by atoms with Crippen molar-refractivity contribution >= 4 is 17.9 Å². The van der Waals surface area contributed by atoms with Gasteiger partial charge in [0.25, 0.3) is 0 Å². The quantitative estimate of drug-likeness (QED) is 0.0261. The Kier molecular flexibility index (Phi) is 62.9. The molecule has 0 bridgehead atoms. The van der Waals surface area contributed by atoms with Gasteiger partial charge >= 0.3 is 17.9 Å². The second-order valence-corrected chi connectivity index (χ2v) is 21.3. The molecule has 1 atom stereocenters. The molecule has 0 saturated heterocycles. The molecule has 0 amide bonds. The van der Waals surface area contributed by atoms with Gasteiger partial charge in [-0.3, -0.25) is 14.4 Å². The van der Waals surface area contributed by atoms with E-state index in [4.69, 9.17) is 14.2 Å². The predicted molar refractivity (Wildman–Crippen MR) is 348 cm³/mol. The molecule has 0 spiro atoms. The zero-order valence-corrected chi connectivity index (χ0v) is 51.8. The average molecular weight is 1110 g/mol. The van der Waals surface area contributed by atoms with E-state index in [1.807, 2.05) is 0 Å². The van der Waals surface area contributed by atoms with Crippen LogP contribution in [0, 0.1) is 0 Å². The lowest BCUT2D eigenvalue weighted by atomic mass is 10.1. The molecule has 0 rings (SSSR count). The highest BCUT2D eigenvalue weighted by molar-refractivity contribution is 5.71. The molecule has 0 aromatic heterocycles. The van der Waals surface area contributed by atoms with Crippen LogP contribution in [0.1, 0.15) is 284 Å². The summed E-state index contributed by atoms with van der Waals surface area (Å²) in [5, 5.41) is 0. The van der Waals surface area contributed by atoms with E-state index in [2.05, 4.69) is 167 Å². The maximum absolute atomic E-state index is 12.9. The summed E-state index contributed by atoms with van der Waals surface area (Å²) in [5.41, 5.74) is 0. The lowest BCUT2D eigenvalue weighted by Crippen LogP contribution is -2.30. The lowest BCUT2D eigenvalue weighted by Gasteiger charge is -2.18. The third-order valence-corrected chi connectivity index (χ3v) is 13.6. The zero-order valence-electron chi connectivity index (χ0n) is 51.8. The molecule has 0 N–H and O–H groups in total. The summed E-state index contributed by atoms with van der Waals surface area (Å²) < 4.78 is 16.8. The Morgan fingerprint density at radius 1 is 0.263 bits per heavy atom. The van der Waals surface area contributed by atoms with Crippen LogP contribution in [0.15, 0.2) is 146 Å². The number of unbranched alkanes of at least 4 members (excludes halogenated alkanes) is 23. The first kappa shape index (κ1) is 75.3. The third-order valence-electron chi connectivity index (χ3n) is 13.6. The number of hydrogen-bond acceptors (Lipinski definition) is 6. The molecule has 6 nitrogen and oxygen atoms in total. The van der Waals surface area contributed by atoms with Crippen molar-refractivity contribution < 1.29 is 28.6 Å². The van der Waals surface area contributed by atoms with Crippen molar-refractivity contribution in [2.75, 3.05) is 13.2 Å². The lowest BCUT2D eigenvalue weighted by molar-refractivity contribution is -0.167. The zero-order chi connectivity index (χ0) is 57.8. The average Bonchev–Trinajstić information content (AvgIpc) is 3.46. The molecular formula is C74H120O6. The number of allylic oxidation sites excluding steroid dienone is 24. The fourth-order valence-corrected chi connectivity index (χ4v) is 8.68. The number of esters is 3. The maximum atomic E-state index is 12.9. The number of hydrogen-bond donors (Lipinski definition) is 0. The van der Waals surface area contributed by atoms with E-state index in [0.29, 0.717) is 25.7 Å². The van der Waals surface area contributed by atoms with Gasteiger partial charge < -0.3 is 14.2 Å². The van der Waals surface area contributed by atoms with E-state index in [-0.39, 0.29) is 31.1 Å². The van der Waals surface area contributed by atoms with E-state index >= 15 is 0 Å². The standard InChI is InChI=1S/C74H120O6/c1-4-7-10-13-16-19-21-23-25-27-29-31-32-33-34-35-36-37-38-39-40-41-42-44-45-47-49-51-53-55-58-61-64-67-73(76)79-70-71(69-78-72(75)66-63-60-57-18-15-12-9-6-3)80-74(77)68-65-62-59-56-54-52-50-48-46-43-30-28-26-24-22-20-17-14-11-8-5-2/h7,10,16,19,22-25,28-31,33-34,36-37,39-40,42,44,47,49,53,55,71H,4-6,8-9,11-15,17-18,20-21,26-27,32,35,38,41,43,45-46,48,50-52,54,56-70H2,1-3H3/b10-7-,19-16-,24-22-,25-23-,30-28-,31-29-,34-33-,37-36-,40-39-,44-42-,49-47-,55-53-. The summed E-state index contributed by atoms with van der Waals surface area (Å²) in [5.74, 6) is -0.951. The monoisotopic (exact) mass is 1100 g/mol. The Morgan fingerprint density at radius 2 is 0.487 bits per heavy atom. The van der Waals surface area contributed by atoms with Crippen molar-refractivity contribution in [1.82, 2.24) is 0 Å². The van der Waals surface area contributed by atoms with E-state index in [9.17, 15) is 14.4 Å². The Bertz CT molecular complexity index is 1750. The minimum absolute atomic E-state index is 0.0962. The van der Waals surface area contributed by atoms with Crippen LogP contribution in [-0.2, 0) is 28.6 Å². The molecule has 6 heteroatoms. The summed E-state index contributed by atoms with van der Waals surface area (Å²) in [6.07, 6.45) is 95.9. The fourth-order valence-electron chi connectivity index (χ4n) is 8.68. The molecule has 0 aliphatic carbocycles. The molecule has 0 aliphatic rings. The Hall–Kier alpha value is -4.71. The second kappa shape index (κ2) is 66.8. The summed E-state index contributed by atoms with van der Waals surface area (Å²) in [6, 6.07) is 0. The summed E-state index contributed by atoms with van der Waals surface area (Å²) in [7, 11) is 0. The number of carbonyl (C=O) groups excluding carboxylic acids is 3. The highest BCUT2D eigenvalue weighted by Crippen LogP contribution is 2.15. The van der Waals surface area contributed by atoms with Crippen molar-refractivity contribution in [3.63, 3.8) is 0 Å². The van der Waals surface area contributed by atoms with Crippen molar-refractivity contribution in [2.24, 2.45) is 0 Å². The summed E-state index contributed by atoms with van der Waals surface area (Å²) in [4.78, 5) is 38.1. The minimum atomic E-state index is -0.802. The van der Waals surface area contributed by atoms with Crippen LogP contribution in [-0.4, -0.2) is 37.2 Å². The van der Waals surface area contributed by atoms with Gasteiger partial charge in [0.15, 0.2) is 6.10 Å². The fraction of sp³-hybridized carbons (Fsp3) is 0.635. The van der Waals surface area contributed by atoms with E-state index < -0.39 is 6.10 Å². The van der Waals surface area contributed by atoms with Crippen molar-refractivity contribution in [3.8, 4) is 0 Å². The topological polar surface area (TPSA) is 78.9 Å². The molecular weight excluding hydrogens is 985 g/mol. The van der Waals surface area contributed by atoms with Gasteiger partial charge in [-0.2, -0.15) is 0 Å². The molecule has 0 saturated carbocycles. The van der Waals surface area contributed by atoms with Gasteiger partial charge in [0.2, 0.25) is 0 Å². The van der Waals surface area contributed by atoms with Crippen LogP contribution in [0.25, 0.3) is 0 Å². The van der Waals surface area contributed by atoms with Crippen LogP contribution in [0.3, 0.4) is 0 Å². The molecule has 0 aromatic rings. The Balaban J connectivity index is 4.29. The van der Waals surface area contributed by atoms with Crippen LogP contribution < -0.4 is 0 Å². The molecule has 0 aromatic carbocycles. The molecule has 0 fully saturated rings. The molecule has 0 radical (unpaired) electrons. The van der Waals surface area contributed by atoms with Gasteiger partial charge in [0.05, 0.1) is 0 Å². The van der Waals surface area contributed by atoms with Gasteiger partial charge in [-0.05, 0) is 128 Å². The van der Waals surface area contributed by atoms with Gasteiger partial charge in [-0.15, -0.1) is 0 Å². The van der Waals surface area contributed by atoms with Crippen molar-refractivity contribution in [3.05, 3.63) is 146 Å². The van der Waals surface area contributed by atoms with Gasteiger partial charge in [-0.25, -0.2) is 0 Å². The number of ether oxygens (including phenoxy) is 3. The van der Waals surface area contributed by atoms with Crippen LogP contribution >= 0.6 is 0 Å². The highest BCUT2D eigenvalue weighted by atomic mass is 16.6. The van der Waals surface area contributed by atoms with Gasteiger partial charge in [0, 0.05) is 19.3 Å². The van der Waals surface area contributed by atoms with Crippen LogP contribution in [0.2, 0.25) is 0 Å². The minimum Gasteiger partial charge on any atom is -0.462 e. The molecule has 452 valence electrons. The molecule has 1 unspecified atom stereocenters. The van der Waals surface area contributed by atoms with Gasteiger partial charge in [0.1, 0.15) is 13.2 Å². The first-order valence-corrected chi connectivity index (χ1v) is 32.8. The molecule has 0 heterocycles. The van der Waals surface area contributed by atoms with Crippen molar-refractivity contribution in [2.45, 2.75) is 290 Å². The Morgan fingerprint density at radius 3 is 0.787 bits per heavy atom. The maximum Gasteiger partial charge on any atom is 0.306 e. The highest BCUT2D eigenvalue weighted by Gasteiger charge is 2.19. The van der Waals surface area contributed by atoms with E-state index in [0.717, 1.165) is 122 Å². The van der Waals surface area contributed by atoms with E-state index in [1.54, 1.807) is 0 Å². The summed E-state index contributed by atoms with van der Waals surface area (Å²) in [6.45, 7) is 6.45. The molecule has 0 aliphatic heterocycles. The Labute approximate surface area is 493 Å². The molecule has 80 heavy (non-hydrogen) atoms. The summed E-state index contributed by atoms with van der Waals surface area (Å²) >= 11 is 0. The predicted octanol–water partition coefficient (Wildman–Crippen LogP) is 22.7. The first-order valence-electron chi connectivity index (χ1n) is 32.8. The first-order chi connectivity index (χ1) is 39.5. The van der Waals surface area contributed by atoms with Crippen LogP contribution in [0.4, 0.5) is 0 Å². The van der Waals surface area contributed by atoms with E-state index in [1.165, 1.54) is 116 Å². The third kappa shape index (κ3) is 64.1. The largest absolute Gasteiger partial charge is 0.462 e. The number of rotatable bonds is 58. The van der Waals surface area contributed by atoms with Crippen LogP contribution in [0.5, 0.6) is 0 Å². The number of carbonyl (C=O) groups is 3. The SMILES string of the molecule is CC/C=C\C/C=C\C/C=C\C/C=C\C/C=C\C/C=C\C/C=C\C/C=C\C/C=C\C/C=C\CCCCC(=O)OCC(COC(=O)CCCCCCCCCC)OC(=O)CCCCCCCCCCC/C=C\C/C=C\CCCCCCC. The second-order valence-electron chi connectivity index (χ2n) is 21.3.